The summed E-state index contributed by atoms with van der Waals surface area (Å²) in [5, 5.41) is 2.45. The quantitative estimate of drug-likeness (QED) is 0.566. The van der Waals surface area contributed by atoms with E-state index in [1.165, 1.54) is 25.1 Å². The number of para-hydroxylation sites is 1. The maximum atomic E-state index is 13.5. The third kappa shape index (κ3) is 4.27. The summed E-state index contributed by atoms with van der Waals surface area (Å²) in [5.74, 6) is -4.74. The van der Waals surface area contributed by atoms with E-state index in [1.54, 1.807) is 42.5 Å². The highest BCUT2D eigenvalue weighted by molar-refractivity contribution is 6.23. The van der Waals surface area contributed by atoms with Crippen LogP contribution in [-0.4, -0.2) is 41.1 Å². The first-order valence-corrected chi connectivity index (χ1v) is 10.4. The molecule has 34 heavy (non-hydrogen) atoms. The number of anilines is 2. The lowest BCUT2D eigenvalue weighted by atomic mass is 10.1. The van der Waals surface area contributed by atoms with E-state index < -0.39 is 47.8 Å². The van der Waals surface area contributed by atoms with E-state index in [1.807, 2.05) is 0 Å². The molecule has 0 fully saturated rings. The van der Waals surface area contributed by atoms with E-state index in [2.05, 4.69) is 5.32 Å². The van der Waals surface area contributed by atoms with Gasteiger partial charge in [0.05, 0.1) is 11.1 Å². The summed E-state index contributed by atoms with van der Waals surface area (Å²) in [6.07, 6.45) is 0. The van der Waals surface area contributed by atoms with Crippen molar-refractivity contribution in [2.75, 3.05) is 16.8 Å². The molecule has 1 atom stereocenters. The molecule has 0 saturated heterocycles. The van der Waals surface area contributed by atoms with Crippen LogP contribution < -0.4 is 10.2 Å². The Bertz CT molecular complexity index is 1260. The molecular formula is C25H19F2N3O4. The van der Waals surface area contributed by atoms with Crippen LogP contribution in [0.3, 0.4) is 0 Å². The Kier molecular flexibility index (Phi) is 6.18. The van der Waals surface area contributed by atoms with E-state index in [9.17, 15) is 28.0 Å². The number of amides is 4. The second-order valence-electron chi connectivity index (χ2n) is 7.64. The molecule has 0 spiro atoms. The van der Waals surface area contributed by atoms with Gasteiger partial charge in [0.2, 0.25) is 11.8 Å². The molecule has 1 aliphatic heterocycles. The van der Waals surface area contributed by atoms with Gasteiger partial charge in [0, 0.05) is 17.4 Å². The Morgan fingerprint density at radius 3 is 2.06 bits per heavy atom. The van der Waals surface area contributed by atoms with Crippen molar-refractivity contribution < 1.29 is 28.0 Å². The van der Waals surface area contributed by atoms with Gasteiger partial charge in [0.25, 0.3) is 11.8 Å². The number of hydrogen-bond acceptors (Lipinski definition) is 4. The number of hydrogen-bond donors (Lipinski definition) is 1. The number of imide groups is 1. The minimum atomic E-state index is -1.13. The van der Waals surface area contributed by atoms with Crippen molar-refractivity contribution in [1.29, 1.82) is 0 Å². The average molecular weight is 463 g/mol. The second-order valence-corrected chi connectivity index (χ2v) is 7.64. The van der Waals surface area contributed by atoms with Crippen LogP contribution in [0.2, 0.25) is 0 Å². The lowest BCUT2D eigenvalue weighted by Crippen LogP contribution is -2.50. The van der Waals surface area contributed by atoms with Gasteiger partial charge in [-0.25, -0.2) is 8.78 Å². The molecule has 4 rings (SSSR count). The van der Waals surface area contributed by atoms with Crippen LogP contribution in [0, 0.1) is 11.6 Å². The third-order valence-electron chi connectivity index (χ3n) is 5.43. The Morgan fingerprint density at radius 1 is 0.882 bits per heavy atom. The number of benzene rings is 3. The number of nitrogens with zero attached hydrogens (tertiary/aromatic N) is 2. The number of carbonyl (C=O) groups excluding carboxylic acids is 4. The van der Waals surface area contributed by atoms with E-state index in [-0.39, 0.29) is 16.8 Å². The van der Waals surface area contributed by atoms with Gasteiger partial charge in [-0.1, -0.05) is 30.3 Å². The maximum absolute atomic E-state index is 13.5. The Balaban J connectivity index is 1.58. The first-order valence-electron chi connectivity index (χ1n) is 10.4. The molecule has 1 heterocycles. The molecule has 1 N–H and O–H groups in total. The van der Waals surface area contributed by atoms with Crippen LogP contribution >= 0.6 is 0 Å². The van der Waals surface area contributed by atoms with Gasteiger partial charge in [0.1, 0.15) is 12.6 Å². The average Bonchev–Trinajstić information content (AvgIpc) is 3.07. The number of fused-ring (bicyclic) bond motifs is 1. The molecule has 0 aromatic heterocycles. The molecule has 9 heteroatoms. The standard InChI is InChI=1S/C25H19F2N3O4/c1-15(23(32)28-16-11-12-20(26)21(27)13-16)30(17-7-3-2-4-8-17)22(31)14-29-24(33)18-9-5-6-10-19(18)25(29)34/h2-13,15H,14H2,1H3,(H,28,32). The third-order valence-corrected chi connectivity index (χ3v) is 5.43. The van der Waals surface area contributed by atoms with Crippen LogP contribution in [0.5, 0.6) is 0 Å². The summed E-state index contributed by atoms with van der Waals surface area (Å²) in [5.41, 5.74) is 0.778. The van der Waals surface area contributed by atoms with Crippen molar-refractivity contribution in [1.82, 2.24) is 4.90 Å². The topological polar surface area (TPSA) is 86.8 Å². The highest BCUT2D eigenvalue weighted by Gasteiger charge is 2.38. The number of rotatable bonds is 6. The summed E-state index contributed by atoms with van der Waals surface area (Å²) in [6, 6.07) is 16.3. The van der Waals surface area contributed by atoms with Gasteiger partial charge in [-0.15, -0.1) is 0 Å². The predicted octanol–water partition coefficient (Wildman–Crippen LogP) is 3.62. The second kappa shape index (κ2) is 9.22. The van der Waals surface area contributed by atoms with Crippen LogP contribution in [0.4, 0.5) is 20.2 Å². The molecule has 0 bridgehead atoms. The predicted molar refractivity (Wildman–Crippen MR) is 120 cm³/mol. The Hall–Kier alpha value is -4.40. The first kappa shape index (κ1) is 22.8. The SMILES string of the molecule is CC(C(=O)Nc1ccc(F)c(F)c1)N(C(=O)CN1C(=O)c2ccccc2C1=O)c1ccccc1. The van der Waals surface area contributed by atoms with Crippen molar-refractivity contribution in [3.63, 3.8) is 0 Å². The van der Waals surface area contributed by atoms with Gasteiger partial charge in [-0.3, -0.25) is 29.0 Å². The van der Waals surface area contributed by atoms with E-state index >= 15 is 0 Å². The molecule has 172 valence electrons. The van der Waals surface area contributed by atoms with Gasteiger partial charge in [0.15, 0.2) is 11.6 Å². The fourth-order valence-corrected chi connectivity index (χ4v) is 3.70. The van der Waals surface area contributed by atoms with E-state index in [4.69, 9.17) is 0 Å². The molecule has 0 aliphatic carbocycles. The minimum absolute atomic E-state index is 0.0107. The van der Waals surface area contributed by atoms with Crippen molar-refractivity contribution in [2.45, 2.75) is 13.0 Å². The number of carbonyl (C=O) groups is 4. The largest absolute Gasteiger partial charge is 0.324 e. The van der Waals surface area contributed by atoms with E-state index in [0.717, 1.165) is 21.9 Å². The van der Waals surface area contributed by atoms with Gasteiger partial charge in [-0.05, 0) is 43.3 Å². The van der Waals surface area contributed by atoms with Gasteiger partial charge in [-0.2, -0.15) is 0 Å². The molecule has 0 saturated carbocycles. The zero-order valence-electron chi connectivity index (χ0n) is 18.0. The number of nitrogens with one attached hydrogen (secondary N) is 1. The fraction of sp³-hybridized carbons (Fsp3) is 0.120. The Labute approximate surface area is 193 Å². The molecule has 1 unspecified atom stereocenters. The Morgan fingerprint density at radius 2 is 1.47 bits per heavy atom. The summed E-state index contributed by atoms with van der Waals surface area (Å²) >= 11 is 0. The summed E-state index contributed by atoms with van der Waals surface area (Å²) in [6.45, 7) is 0.868. The van der Waals surface area contributed by atoms with Crippen molar-refractivity contribution >= 4 is 35.0 Å². The zero-order chi connectivity index (χ0) is 24.4. The van der Waals surface area contributed by atoms with Crippen LogP contribution in [0.15, 0.2) is 72.8 Å². The normalized spacial score (nSPS) is 13.4. The smallest absolute Gasteiger partial charge is 0.262 e. The molecule has 4 amide bonds. The summed E-state index contributed by atoms with van der Waals surface area (Å²) in [4.78, 5) is 53.6. The molecule has 3 aromatic rings. The van der Waals surface area contributed by atoms with E-state index in [0.29, 0.717) is 5.69 Å². The fourth-order valence-electron chi connectivity index (χ4n) is 3.70. The van der Waals surface area contributed by atoms with Crippen LogP contribution in [0.25, 0.3) is 0 Å². The molecular weight excluding hydrogens is 444 g/mol. The van der Waals surface area contributed by atoms with Crippen LogP contribution in [-0.2, 0) is 9.59 Å². The maximum Gasteiger partial charge on any atom is 0.262 e. The van der Waals surface area contributed by atoms with Gasteiger partial charge >= 0.3 is 0 Å². The summed E-state index contributed by atoms with van der Waals surface area (Å²) < 4.78 is 26.7. The highest BCUT2D eigenvalue weighted by Crippen LogP contribution is 2.24. The highest BCUT2D eigenvalue weighted by atomic mass is 19.2. The molecule has 1 aliphatic rings. The minimum Gasteiger partial charge on any atom is -0.324 e. The summed E-state index contributed by atoms with van der Waals surface area (Å²) in [7, 11) is 0. The van der Waals surface area contributed by atoms with Crippen molar-refractivity contribution in [3.05, 3.63) is 95.6 Å². The molecule has 3 aromatic carbocycles. The monoisotopic (exact) mass is 463 g/mol. The lowest BCUT2D eigenvalue weighted by molar-refractivity contribution is -0.123. The van der Waals surface area contributed by atoms with Gasteiger partial charge < -0.3 is 5.32 Å². The first-order chi connectivity index (χ1) is 16.3. The van der Waals surface area contributed by atoms with Crippen LogP contribution in [0.1, 0.15) is 27.6 Å². The lowest BCUT2D eigenvalue weighted by Gasteiger charge is -2.30. The van der Waals surface area contributed by atoms with Crippen molar-refractivity contribution in [2.24, 2.45) is 0 Å². The number of halogens is 2. The molecule has 7 nitrogen and oxygen atoms in total. The molecule has 0 radical (unpaired) electrons. The zero-order valence-corrected chi connectivity index (χ0v) is 18.0. The van der Waals surface area contributed by atoms with Crippen molar-refractivity contribution in [3.8, 4) is 0 Å².